The summed E-state index contributed by atoms with van der Waals surface area (Å²) in [6, 6.07) is 8.41. The summed E-state index contributed by atoms with van der Waals surface area (Å²) in [4.78, 5) is 22.6. The average Bonchev–Trinajstić information content (AvgIpc) is 2.44. The lowest BCUT2D eigenvalue weighted by atomic mass is 9.98. The van der Waals surface area contributed by atoms with Crippen molar-refractivity contribution < 1.29 is 18.7 Å². The minimum Gasteiger partial charge on any atom is -0.447 e. The summed E-state index contributed by atoms with van der Waals surface area (Å²) in [5, 5.41) is 0. The van der Waals surface area contributed by atoms with Crippen LogP contribution in [0.2, 0.25) is 0 Å². The molecule has 0 N–H and O–H groups in total. The second-order valence-electron chi connectivity index (χ2n) is 3.56. The number of rotatable bonds is 1. The molecule has 78 valence electrons. The summed E-state index contributed by atoms with van der Waals surface area (Å²) in [5.74, 6) is -1.94. The van der Waals surface area contributed by atoms with Gasteiger partial charge >= 0.3 is 5.97 Å². The van der Waals surface area contributed by atoms with Crippen molar-refractivity contribution in [1.29, 1.82) is 0 Å². The highest BCUT2D eigenvalue weighted by molar-refractivity contribution is 6.13. The number of ketones is 1. The van der Waals surface area contributed by atoms with Crippen molar-refractivity contribution in [2.45, 2.75) is 18.7 Å². The van der Waals surface area contributed by atoms with Crippen LogP contribution in [0.15, 0.2) is 30.3 Å². The Labute approximate surface area is 85.9 Å². The Morgan fingerprint density at radius 1 is 1.27 bits per heavy atom. The molecule has 0 amide bonds. The minimum absolute atomic E-state index is 0.497. The first-order valence-corrected chi connectivity index (χ1v) is 4.53. The Kier molecular flexibility index (Phi) is 2.07. The second-order valence-corrected chi connectivity index (χ2v) is 3.56. The number of esters is 1. The van der Waals surface area contributed by atoms with E-state index in [2.05, 4.69) is 0 Å². The Balaban J connectivity index is 2.36. The number of hydrogen-bond donors (Lipinski definition) is 0. The fourth-order valence-electron chi connectivity index (χ4n) is 1.47. The van der Waals surface area contributed by atoms with E-state index in [9.17, 15) is 14.0 Å². The summed E-state index contributed by atoms with van der Waals surface area (Å²) in [5.41, 5.74) is -2.02. The summed E-state index contributed by atoms with van der Waals surface area (Å²) < 4.78 is 18.2. The van der Waals surface area contributed by atoms with Gasteiger partial charge in [-0.3, -0.25) is 4.79 Å². The van der Waals surface area contributed by atoms with Crippen LogP contribution in [0.5, 0.6) is 0 Å². The number of carbonyl (C=O) groups is 2. The third-order valence-electron chi connectivity index (χ3n) is 2.41. The molecular weight excluding hydrogens is 199 g/mol. The van der Waals surface area contributed by atoms with Crippen molar-refractivity contribution in [3.8, 4) is 0 Å². The number of carbonyl (C=O) groups excluding carboxylic acids is 2. The zero-order valence-corrected chi connectivity index (χ0v) is 8.07. The Hall–Kier alpha value is -1.71. The summed E-state index contributed by atoms with van der Waals surface area (Å²) in [7, 11) is 0. The minimum atomic E-state index is -2.51. The van der Waals surface area contributed by atoms with Gasteiger partial charge in [0.1, 0.15) is 0 Å². The van der Waals surface area contributed by atoms with Crippen LogP contribution in [0.3, 0.4) is 0 Å². The number of hydrogen-bond acceptors (Lipinski definition) is 3. The van der Waals surface area contributed by atoms with Gasteiger partial charge in [-0.2, -0.15) is 0 Å². The van der Waals surface area contributed by atoms with Gasteiger partial charge in [-0.15, -0.1) is 0 Å². The zero-order chi connectivity index (χ0) is 11.1. The van der Waals surface area contributed by atoms with Crippen LogP contribution >= 0.6 is 0 Å². The van der Waals surface area contributed by atoms with E-state index in [0.29, 0.717) is 5.56 Å². The van der Waals surface area contributed by atoms with Crippen LogP contribution in [0, 0.1) is 0 Å². The number of cyclic esters (lactones) is 1. The molecule has 4 heteroatoms. The molecule has 1 saturated heterocycles. The van der Waals surface area contributed by atoms with Crippen molar-refractivity contribution in [1.82, 2.24) is 0 Å². The molecule has 15 heavy (non-hydrogen) atoms. The lowest BCUT2D eigenvalue weighted by Gasteiger charge is -2.07. The molecule has 2 rings (SSSR count). The molecule has 0 saturated carbocycles. The number of Topliss-reactive ketones (excluding diaryl/α,β-unsaturated/α-hetero) is 1. The quantitative estimate of drug-likeness (QED) is 0.520. The molecule has 0 aromatic heterocycles. The topological polar surface area (TPSA) is 43.4 Å². The summed E-state index contributed by atoms with van der Waals surface area (Å²) in [6.45, 7) is 0.931. The number of halogens is 1. The van der Waals surface area contributed by atoms with Crippen LogP contribution in [0.4, 0.5) is 4.39 Å². The van der Waals surface area contributed by atoms with E-state index in [1.807, 2.05) is 0 Å². The van der Waals surface area contributed by atoms with Crippen molar-refractivity contribution in [3.63, 3.8) is 0 Å². The largest absolute Gasteiger partial charge is 0.447 e. The van der Waals surface area contributed by atoms with E-state index in [-0.39, 0.29) is 0 Å². The van der Waals surface area contributed by atoms with Gasteiger partial charge in [0.25, 0.3) is 5.67 Å². The first kappa shape index (κ1) is 9.83. The molecule has 1 fully saturated rings. The van der Waals surface area contributed by atoms with E-state index in [1.54, 1.807) is 30.3 Å². The van der Waals surface area contributed by atoms with Crippen LogP contribution in [-0.2, 0) is 14.3 Å². The molecule has 2 atom stereocenters. The zero-order valence-electron chi connectivity index (χ0n) is 8.07. The van der Waals surface area contributed by atoms with Gasteiger partial charge < -0.3 is 4.74 Å². The molecule has 2 unspecified atom stereocenters. The van der Waals surface area contributed by atoms with Crippen LogP contribution < -0.4 is 0 Å². The SMILES string of the molecule is CC1(F)C(=O)OC(c2ccccc2)C1=O. The second kappa shape index (κ2) is 3.15. The highest BCUT2D eigenvalue weighted by Gasteiger charge is 2.55. The number of benzene rings is 1. The average molecular weight is 208 g/mol. The molecule has 1 aromatic rings. The lowest BCUT2D eigenvalue weighted by molar-refractivity contribution is -0.149. The predicted molar refractivity (Wildman–Crippen MR) is 49.8 cm³/mol. The molecule has 3 nitrogen and oxygen atoms in total. The Morgan fingerprint density at radius 2 is 1.87 bits per heavy atom. The summed E-state index contributed by atoms with van der Waals surface area (Å²) >= 11 is 0. The van der Waals surface area contributed by atoms with E-state index in [0.717, 1.165) is 6.92 Å². The number of alkyl halides is 1. The molecular formula is C11H9FO3. The molecule has 0 spiro atoms. The van der Waals surface area contributed by atoms with E-state index in [1.165, 1.54) is 0 Å². The first-order valence-electron chi connectivity index (χ1n) is 4.53. The molecule has 1 heterocycles. The van der Waals surface area contributed by atoms with E-state index < -0.39 is 23.5 Å². The van der Waals surface area contributed by atoms with E-state index >= 15 is 0 Å². The van der Waals surface area contributed by atoms with E-state index in [4.69, 9.17) is 4.74 Å². The molecule has 1 aromatic carbocycles. The maximum Gasteiger partial charge on any atom is 0.352 e. The predicted octanol–water partition coefficient (Wildman–Crippen LogP) is 1.58. The normalized spacial score (nSPS) is 30.4. The molecule has 1 aliphatic rings. The fourth-order valence-corrected chi connectivity index (χ4v) is 1.47. The van der Waals surface area contributed by atoms with Gasteiger partial charge in [0.15, 0.2) is 6.10 Å². The van der Waals surface area contributed by atoms with Crippen LogP contribution in [0.25, 0.3) is 0 Å². The molecule has 0 radical (unpaired) electrons. The monoisotopic (exact) mass is 208 g/mol. The molecule has 0 bridgehead atoms. The fraction of sp³-hybridized carbons (Fsp3) is 0.273. The highest BCUT2D eigenvalue weighted by atomic mass is 19.1. The van der Waals surface area contributed by atoms with Crippen molar-refractivity contribution >= 4 is 11.8 Å². The van der Waals surface area contributed by atoms with Crippen LogP contribution in [-0.4, -0.2) is 17.4 Å². The van der Waals surface area contributed by atoms with Gasteiger partial charge in [-0.1, -0.05) is 30.3 Å². The molecule has 1 aliphatic heterocycles. The third kappa shape index (κ3) is 1.42. The van der Waals surface area contributed by atoms with Gasteiger partial charge in [-0.25, -0.2) is 9.18 Å². The Morgan fingerprint density at radius 3 is 2.33 bits per heavy atom. The maximum absolute atomic E-state index is 13.5. The third-order valence-corrected chi connectivity index (χ3v) is 2.41. The highest BCUT2D eigenvalue weighted by Crippen LogP contribution is 2.34. The van der Waals surface area contributed by atoms with Crippen LogP contribution in [0.1, 0.15) is 18.6 Å². The smallest absolute Gasteiger partial charge is 0.352 e. The standard InChI is InChI=1S/C11H9FO3/c1-11(12)9(13)8(15-10(11)14)7-5-3-2-4-6-7/h2-6,8H,1H3. The van der Waals surface area contributed by atoms with Gasteiger partial charge in [0.2, 0.25) is 5.78 Å². The maximum atomic E-state index is 13.5. The summed E-state index contributed by atoms with van der Waals surface area (Å²) in [6.07, 6.45) is -1.10. The van der Waals surface area contributed by atoms with Gasteiger partial charge in [-0.05, 0) is 6.92 Å². The number of ether oxygens (including phenoxy) is 1. The van der Waals surface area contributed by atoms with Gasteiger partial charge in [0.05, 0.1) is 0 Å². The van der Waals surface area contributed by atoms with Crippen molar-refractivity contribution in [2.24, 2.45) is 0 Å². The van der Waals surface area contributed by atoms with Crippen molar-refractivity contribution in [3.05, 3.63) is 35.9 Å². The van der Waals surface area contributed by atoms with Crippen molar-refractivity contribution in [2.75, 3.05) is 0 Å². The Bertz CT molecular complexity index is 411. The molecule has 0 aliphatic carbocycles. The van der Waals surface area contributed by atoms with Gasteiger partial charge in [0, 0.05) is 5.56 Å². The first-order chi connectivity index (χ1) is 7.03. The lowest BCUT2D eigenvalue weighted by Crippen LogP contribution is -2.32.